The number of benzene rings is 1. The number of nitrogens with one attached hydrogen (secondary N) is 2. The van der Waals surface area contributed by atoms with Gasteiger partial charge in [-0.15, -0.1) is 10.2 Å². The second kappa shape index (κ2) is 5.53. The van der Waals surface area contributed by atoms with Crippen molar-refractivity contribution < 1.29 is 0 Å². The molecule has 0 atom stereocenters. The minimum absolute atomic E-state index is 0.0514. The first-order valence-electron chi connectivity index (χ1n) is 7.66. The Balaban J connectivity index is 2.08. The molecule has 3 heterocycles. The maximum absolute atomic E-state index is 12.9. The van der Waals surface area contributed by atoms with Gasteiger partial charge in [-0.1, -0.05) is 0 Å². The third kappa shape index (κ3) is 2.09. The normalized spacial score (nSPS) is 11.6. The van der Waals surface area contributed by atoms with Gasteiger partial charge in [0.15, 0.2) is 0 Å². The molecule has 4 N–H and O–H groups in total. The van der Waals surface area contributed by atoms with Gasteiger partial charge in [0.2, 0.25) is 5.82 Å². The van der Waals surface area contributed by atoms with Crippen molar-refractivity contribution in [3.8, 4) is 11.4 Å². The first-order valence-corrected chi connectivity index (χ1v) is 7.66. The summed E-state index contributed by atoms with van der Waals surface area (Å²) in [6.07, 6.45) is 0.726. The molecule has 24 heavy (non-hydrogen) atoms. The lowest BCUT2D eigenvalue weighted by atomic mass is 10.1. The van der Waals surface area contributed by atoms with Crippen LogP contribution in [0.25, 0.3) is 33.2 Å². The van der Waals surface area contributed by atoms with Crippen molar-refractivity contribution >= 4 is 21.8 Å². The summed E-state index contributed by atoms with van der Waals surface area (Å²) < 4.78 is 1.76. The van der Waals surface area contributed by atoms with Gasteiger partial charge in [-0.2, -0.15) is 10.3 Å². The van der Waals surface area contributed by atoms with Crippen LogP contribution in [0, 0.1) is 6.92 Å². The quantitative estimate of drug-likeness (QED) is 0.507. The number of H-pyrrole nitrogens is 2. The van der Waals surface area contributed by atoms with Crippen LogP contribution in [0.3, 0.4) is 0 Å². The molecular weight excluding hydrogens is 308 g/mol. The van der Waals surface area contributed by atoms with Gasteiger partial charge in [0.05, 0.1) is 10.9 Å². The highest BCUT2D eigenvalue weighted by atomic mass is 16.1. The van der Waals surface area contributed by atoms with Gasteiger partial charge in [-0.3, -0.25) is 9.89 Å². The van der Waals surface area contributed by atoms with E-state index in [1.807, 2.05) is 25.1 Å². The number of tetrazole rings is 1. The molecule has 0 amide bonds. The maximum atomic E-state index is 12.9. The van der Waals surface area contributed by atoms with E-state index in [1.165, 1.54) is 0 Å². The van der Waals surface area contributed by atoms with Crippen LogP contribution in [-0.4, -0.2) is 41.9 Å². The Morgan fingerprint density at radius 2 is 2.17 bits per heavy atom. The highest BCUT2D eigenvalue weighted by Crippen LogP contribution is 2.27. The number of aromatic nitrogens is 7. The van der Waals surface area contributed by atoms with Gasteiger partial charge < -0.3 is 10.3 Å². The SMILES string of the molecule is Cc1[nH]nc2c1c(=O)n(CCCN)c1ccc(-c3nn[nH]n3)cc21. The Bertz CT molecular complexity index is 1080. The topological polar surface area (TPSA) is 131 Å². The molecule has 0 fully saturated rings. The molecule has 0 radical (unpaired) electrons. The number of pyridine rings is 1. The third-order valence-corrected chi connectivity index (χ3v) is 4.14. The summed E-state index contributed by atoms with van der Waals surface area (Å²) >= 11 is 0. The van der Waals surface area contributed by atoms with Gasteiger partial charge in [0.1, 0.15) is 5.52 Å². The molecule has 0 bridgehead atoms. The number of hydrogen-bond acceptors (Lipinski definition) is 6. The molecule has 0 saturated carbocycles. The molecule has 0 unspecified atom stereocenters. The van der Waals surface area contributed by atoms with E-state index in [1.54, 1.807) is 4.57 Å². The Labute approximate surface area is 135 Å². The average molecular weight is 324 g/mol. The molecule has 0 aliphatic heterocycles. The van der Waals surface area contributed by atoms with E-state index in [0.29, 0.717) is 29.8 Å². The second-order valence-electron chi connectivity index (χ2n) is 5.64. The van der Waals surface area contributed by atoms with Crippen molar-refractivity contribution in [2.45, 2.75) is 19.9 Å². The molecule has 9 heteroatoms. The molecule has 122 valence electrons. The van der Waals surface area contributed by atoms with E-state index in [9.17, 15) is 4.79 Å². The van der Waals surface area contributed by atoms with Crippen LogP contribution >= 0.6 is 0 Å². The molecule has 0 spiro atoms. The van der Waals surface area contributed by atoms with Crippen LogP contribution in [0.15, 0.2) is 23.0 Å². The Morgan fingerprint density at radius 1 is 1.29 bits per heavy atom. The number of nitrogens with two attached hydrogens (primary N) is 1. The summed E-state index contributed by atoms with van der Waals surface area (Å²) in [6, 6.07) is 5.69. The van der Waals surface area contributed by atoms with Gasteiger partial charge >= 0.3 is 0 Å². The van der Waals surface area contributed by atoms with Crippen molar-refractivity contribution in [3.63, 3.8) is 0 Å². The zero-order valence-electron chi connectivity index (χ0n) is 13.1. The first kappa shape index (κ1) is 14.5. The molecule has 1 aromatic carbocycles. The fourth-order valence-corrected chi connectivity index (χ4v) is 2.99. The fraction of sp³-hybridized carbons (Fsp3) is 0.267. The van der Waals surface area contributed by atoms with Crippen molar-refractivity contribution in [2.24, 2.45) is 5.73 Å². The molecule has 3 aromatic heterocycles. The van der Waals surface area contributed by atoms with Crippen LogP contribution in [0.2, 0.25) is 0 Å². The number of rotatable bonds is 4. The number of fused-ring (bicyclic) bond motifs is 3. The molecule has 9 nitrogen and oxygen atoms in total. The summed E-state index contributed by atoms with van der Waals surface area (Å²) in [5.41, 5.74) is 8.60. The van der Waals surface area contributed by atoms with Gasteiger partial charge in [0, 0.05) is 23.2 Å². The highest BCUT2D eigenvalue weighted by molar-refractivity contribution is 6.05. The van der Waals surface area contributed by atoms with E-state index in [2.05, 4.69) is 30.8 Å². The zero-order valence-corrected chi connectivity index (χ0v) is 13.1. The van der Waals surface area contributed by atoms with E-state index >= 15 is 0 Å². The monoisotopic (exact) mass is 324 g/mol. The lowest BCUT2D eigenvalue weighted by Crippen LogP contribution is -2.22. The lowest BCUT2D eigenvalue weighted by molar-refractivity contribution is 0.654. The van der Waals surface area contributed by atoms with Crippen molar-refractivity contribution in [2.75, 3.05) is 6.54 Å². The standard InChI is InChI=1S/C15H16N8O/c1-8-12-13(18-17-8)10-7-9(14-19-21-22-20-14)3-4-11(10)23(15(12)24)6-2-5-16/h3-4,7H,2,5-6,16H2,1H3,(H,17,18)(H,19,20,21,22). The van der Waals surface area contributed by atoms with E-state index in [4.69, 9.17) is 5.73 Å². The molecule has 4 rings (SSSR count). The number of hydrogen-bond donors (Lipinski definition) is 3. The third-order valence-electron chi connectivity index (χ3n) is 4.14. The first-order chi connectivity index (χ1) is 11.7. The second-order valence-corrected chi connectivity index (χ2v) is 5.64. The Kier molecular flexibility index (Phi) is 3.35. The fourth-order valence-electron chi connectivity index (χ4n) is 2.99. The van der Waals surface area contributed by atoms with E-state index < -0.39 is 0 Å². The number of nitrogens with zero attached hydrogens (tertiary/aromatic N) is 5. The molecule has 0 aliphatic carbocycles. The van der Waals surface area contributed by atoms with Gasteiger partial charge in [-0.05, 0) is 43.3 Å². The summed E-state index contributed by atoms with van der Waals surface area (Å²) in [6.45, 7) is 2.93. The Morgan fingerprint density at radius 3 is 2.92 bits per heavy atom. The van der Waals surface area contributed by atoms with Crippen molar-refractivity contribution in [1.29, 1.82) is 0 Å². The largest absolute Gasteiger partial charge is 0.330 e. The van der Waals surface area contributed by atoms with Crippen LogP contribution < -0.4 is 11.3 Å². The van der Waals surface area contributed by atoms with Crippen molar-refractivity contribution in [3.05, 3.63) is 34.2 Å². The molecule has 0 aliphatic rings. The lowest BCUT2D eigenvalue weighted by Gasteiger charge is -2.11. The zero-order chi connectivity index (χ0) is 16.7. The predicted molar refractivity (Wildman–Crippen MR) is 89.4 cm³/mol. The van der Waals surface area contributed by atoms with Crippen LogP contribution in [0.5, 0.6) is 0 Å². The van der Waals surface area contributed by atoms with Crippen LogP contribution in [0.1, 0.15) is 12.1 Å². The van der Waals surface area contributed by atoms with Crippen LogP contribution in [-0.2, 0) is 6.54 Å². The summed E-state index contributed by atoms with van der Waals surface area (Å²) in [5.74, 6) is 0.497. The predicted octanol–water partition coefficient (Wildman–Crippen LogP) is 0.715. The molecule has 0 saturated heterocycles. The minimum atomic E-state index is -0.0514. The smallest absolute Gasteiger partial charge is 0.262 e. The van der Waals surface area contributed by atoms with Crippen molar-refractivity contribution in [1.82, 2.24) is 35.4 Å². The Hall–Kier alpha value is -3.07. The van der Waals surface area contributed by atoms with Crippen LogP contribution in [0.4, 0.5) is 0 Å². The van der Waals surface area contributed by atoms with Gasteiger partial charge in [-0.25, -0.2) is 0 Å². The number of aromatic amines is 2. The maximum Gasteiger partial charge on any atom is 0.262 e. The summed E-state index contributed by atoms with van der Waals surface area (Å²) in [5, 5.41) is 22.8. The summed E-state index contributed by atoms with van der Waals surface area (Å²) in [4.78, 5) is 12.9. The number of aryl methyl sites for hydroxylation is 2. The molecule has 4 aromatic rings. The van der Waals surface area contributed by atoms with Gasteiger partial charge in [0.25, 0.3) is 5.56 Å². The highest BCUT2D eigenvalue weighted by Gasteiger charge is 2.16. The minimum Gasteiger partial charge on any atom is -0.330 e. The van der Waals surface area contributed by atoms with E-state index in [-0.39, 0.29) is 5.56 Å². The average Bonchev–Trinajstić information content (AvgIpc) is 3.24. The summed E-state index contributed by atoms with van der Waals surface area (Å²) in [7, 11) is 0. The molecular formula is C15H16N8O. The van der Waals surface area contributed by atoms with E-state index in [0.717, 1.165) is 28.6 Å².